The average molecular weight is 608 g/mol. The predicted octanol–water partition coefficient (Wildman–Crippen LogP) is 5.37. The van der Waals surface area contributed by atoms with Crippen LogP contribution >= 0.6 is 7.37 Å². The molecule has 1 aromatic carbocycles. The van der Waals surface area contributed by atoms with Crippen LogP contribution in [0.2, 0.25) is 0 Å². The zero-order chi connectivity index (χ0) is 29.9. The lowest BCUT2D eigenvalue weighted by Gasteiger charge is -2.32. The predicted molar refractivity (Wildman–Crippen MR) is 154 cm³/mol. The lowest BCUT2D eigenvalue weighted by Crippen LogP contribution is -2.55. The van der Waals surface area contributed by atoms with Crippen molar-refractivity contribution < 1.29 is 32.6 Å². The fraction of sp³-hybridized carbons (Fsp3) is 0.710. The third-order valence-corrected chi connectivity index (χ3v) is 12.6. The standard InChI is InChI=1S/C31H44F2N3O5P/c32-24-13-8-14-25(33)23(24)20-42(40,41)31-19-22(31)12-4-2-1-3-5-15-26(34-28(37)18-21-10-6-7-11-21)30(39)36-17-9-16-27(36)29(38)35-31/h8,13-14,21-22,26-27H,1-7,9-12,15-20H2,(H,34,37)(H,35,38)(H,40,41)/t22-,26+,27+,31+/m1/s1. The van der Waals surface area contributed by atoms with Crippen molar-refractivity contribution in [3.05, 3.63) is 35.4 Å². The second kappa shape index (κ2) is 13.1. The van der Waals surface area contributed by atoms with Crippen LogP contribution in [-0.4, -0.2) is 51.4 Å². The van der Waals surface area contributed by atoms with E-state index in [0.717, 1.165) is 69.9 Å². The Balaban J connectivity index is 1.35. The number of benzene rings is 1. The number of nitrogens with zero attached hydrogens (tertiary/aromatic N) is 1. The zero-order valence-corrected chi connectivity index (χ0v) is 25.2. The van der Waals surface area contributed by atoms with Crippen molar-refractivity contribution in [3.63, 3.8) is 0 Å². The molecule has 2 saturated heterocycles. The van der Waals surface area contributed by atoms with E-state index < -0.39 is 54.0 Å². The van der Waals surface area contributed by atoms with Crippen LogP contribution < -0.4 is 10.6 Å². The second-order valence-electron chi connectivity index (χ2n) is 12.9. The summed E-state index contributed by atoms with van der Waals surface area (Å²) in [5, 5.41) is 4.36. The zero-order valence-electron chi connectivity index (χ0n) is 24.3. The molecule has 2 aliphatic carbocycles. The van der Waals surface area contributed by atoms with Crippen LogP contribution in [-0.2, 0) is 25.1 Å². The van der Waals surface area contributed by atoms with Gasteiger partial charge in [0.25, 0.3) is 0 Å². The van der Waals surface area contributed by atoms with E-state index in [-0.39, 0.29) is 24.2 Å². The Morgan fingerprint density at radius 1 is 0.976 bits per heavy atom. The quantitative estimate of drug-likeness (QED) is 0.376. The van der Waals surface area contributed by atoms with Gasteiger partial charge in [-0.2, -0.15) is 0 Å². The van der Waals surface area contributed by atoms with Crippen LogP contribution in [0, 0.1) is 23.5 Å². The molecule has 2 saturated carbocycles. The van der Waals surface area contributed by atoms with E-state index in [4.69, 9.17) is 0 Å². The number of carbonyl (C=O) groups excluding carboxylic acids is 3. The molecule has 0 spiro atoms. The van der Waals surface area contributed by atoms with Crippen LogP contribution in [0.25, 0.3) is 0 Å². The maximum atomic E-state index is 14.5. The van der Waals surface area contributed by atoms with Crippen LogP contribution in [0.1, 0.15) is 102 Å². The minimum atomic E-state index is -4.32. The van der Waals surface area contributed by atoms with Gasteiger partial charge in [-0.05, 0) is 68.9 Å². The molecule has 2 aliphatic heterocycles. The Bertz CT molecular complexity index is 1200. The van der Waals surface area contributed by atoms with E-state index in [0.29, 0.717) is 44.6 Å². The Hall–Kier alpha value is -2.32. The highest BCUT2D eigenvalue weighted by Crippen LogP contribution is 2.71. The Kier molecular flexibility index (Phi) is 9.73. The Labute approximate surface area is 246 Å². The molecule has 5 atom stereocenters. The minimum absolute atomic E-state index is 0.125. The first kappa shape index (κ1) is 31.1. The summed E-state index contributed by atoms with van der Waals surface area (Å²) in [7, 11) is -4.32. The molecule has 1 unspecified atom stereocenters. The summed E-state index contributed by atoms with van der Waals surface area (Å²) in [5.41, 5.74) is -0.456. The summed E-state index contributed by atoms with van der Waals surface area (Å²) in [6, 6.07) is 1.77. The summed E-state index contributed by atoms with van der Waals surface area (Å²) in [4.78, 5) is 53.3. The van der Waals surface area contributed by atoms with Gasteiger partial charge in [0.05, 0.1) is 6.16 Å². The first-order valence-corrected chi connectivity index (χ1v) is 17.6. The lowest BCUT2D eigenvalue weighted by atomic mass is 10.0. The molecule has 3 amide bonds. The first-order valence-electron chi connectivity index (χ1n) is 15.8. The molecular formula is C31H44F2N3O5P. The topological polar surface area (TPSA) is 116 Å². The molecule has 0 bridgehead atoms. The van der Waals surface area contributed by atoms with Gasteiger partial charge in [-0.15, -0.1) is 0 Å². The molecule has 232 valence electrons. The summed E-state index contributed by atoms with van der Waals surface area (Å²) in [5.74, 6) is -2.65. The highest BCUT2D eigenvalue weighted by Gasteiger charge is 2.66. The molecular weight excluding hydrogens is 563 g/mol. The maximum Gasteiger partial charge on any atom is 0.245 e. The number of halogens is 2. The van der Waals surface area contributed by atoms with Gasteiger partial charge in [-0.25, -0.2) is 8.78 Å². The van der Waals surface area contributed by atoms with Gasteiger partial charge in [0.2, 0.25) is 25.1 Å². The number of nitrogens with one attached hydrogen (secondary N) is 2. The van der Waals surface area contributed by atoms with Crippen molar-refractivity contribution in [2.45, 2.75) is 120 Å². The van der Waals surface area contributed by atoms with E-state index in [1.54, 1.807) is 0 Å². The van der Waals surface area contributed by atoms with Gasteiger partial charge in [0, 0.05) is 18.5 Å². The molecule has 4 fully saturated rings. The average Bonchev–Trinajstić information content (AvgIpc) is 3.27. The van der Waals surface area contributed by atoms with Crippen molar-refractivity contribution in [2.75, 3.05) is 6.54 Å². The van der Waals surface area contributed by atoms with Gasteiger partial charge in [0.1, 0.15) is 29.0 Å². The van der Waals surface area contributed by atoms with Crippen molar-refractivity contribution in [1.82, 2.24) is 15.5 Å². The summed E-state index contributed by atoms with van der Waals surface area (Å²) in [6.07, 6.45) is 10.7. The van der Waals surface area contributed by atoms with Gasteiger partial charge in [-0.3, -0.25) is 18.9 Å². The monoisotopic (exact) mass is 607 g/mol. The number of amides is 3. The molecule has 1 aromatic rings. The third kappa shape index (κ3) is 6.75. The molecule has 0 aromatic heterocycles. The van der Waals surface area contributed by atoms with Crippen molar-refractivity contribution >= 4 is 25.1 Å². The van der Waals surface area contributed by atoms with Gasteiger partial charge in [0.15, 0.2) is 0 Å². The fourth-order valence-corrected chi connectivity index (χ4v) is 9.92. The molecule has 8 nitrogen and oxygen atoms in total. The molecule has 11 heteroatoms. The molecule has 5 rings (SSSR count). The van der Waals surface area contributed by atoms with Crippen LogP contribution in [0.3, 0.4) is 0 Å². The molecule has 4 aliphatic rings. The number of hydrogen-bond acceptors (Lipinski definition) is 4. The first-order chi connectivity index (χ1) is 20.1. The number of carbonyl (C=O) groups is 3. The largest absolute Gasteiger partial charge is 0.344 e. The number of hydrogen-bond donors (Lipinski definition) is 3. The third-order valence-electron chi connectivity index (χ3n) is 9.94. The number of rotatable bonds is 6. The van der Waals surface area contributed by atoms with Crippen LogP contribution in [0.15, 0.2) is 18.2 Å². The Morgan fingerprint density at radius 2 is 1.62 bits per heavy atom. The highest BCUT2D eigenvalue weighted by atomic mass is 31.2. The Morgan fingerprint density at radius 3 is 2.33 bits per heavy atom. The summed E-state index contributed by atoms with van der Waals surface area (Å²) in [6.45, 7) is 0.361. The lowest BCUT2D eigenvalue weighted by molar-refractivity contribution is -0.141. The van der Waals surface area contributed by atoms with E-state index in [2.05, 4.69) is 10.6 Å². The van der Waals surface area contributed by atoms with E-state index in [1.165, 1.54) is 11.0 Å². The second-order valence-corrected chi connectivity index (χ2v) is 15.4. The summed E-state index contributed by atoms with van der Waals surface area (Å²) >= 11 is 0. The normalized spacial score (nSPS) is 30.8. The number of fused-ring (bicyclic) bond motifs is 2. The van der Waals surface area contributed by atoms with E-state index in [9.17, 15) is 32.6 Å². The molecule has 2 heterocycles. The van der Waals surface area contributed by atoms with Crippen molar-refractivity contribution in [2.24, 2.45) is 11.8 Å². The van der Waals surface area contributed by atoms with Crippen LogP contribution in [0.4, 0.5) is 8.78 Å². The fourth-order valence-electron chi connectivity index (χ4n) is 7.42. The molecule has 3 N–H and O–H groups in total. The van der Waals surface area contributed by atoms with Crippen molar-refractivity contribution in [3.8, 4) is 0 Å². The minimum Gasteiger partial charge on any atom is -0.344 e. The van der Waals surface area contributed by atoms with Gasteiger partial charge in [-0.1, -0.05) is 51.0 Å². The highest BCUT2D eigenvalue weighted by molar-refractivity contribution is 7.59. The van der Waals surface area contributed by atoms with Crippen LogP contribution in [0.5, 0.6) is 0 Å². The molecule has 0 radical (unpaired) electrons. The van der Waals surface area contributed by atoms with Crippen molar-refractivity contribution in [1.29, 1.82) is 0 Å². The van der Waals surface area contributed by atoms with E-state index in [1.807, 2.05) is 0 Å². The SMILES string of the molecule is O=C(CC1CCCC1)N[C@H]1CCCCCCC[C@@H]2C[C@@]2(P(=O)(O)Cc2c(F)cccc2F)NC(=O)[C@@H]2CCCN2C1=O. The molecule has 42 heavy (non-hydrogen) atoms. The smallest absolute Gasteiger partial charge is 0.245 e. The van der Waals surface area contributed by atoms with Gasteiger partial charge >= 0.3 is 0 Å². The van der Waals surface area contributed by atoms with E-state index >= 15 is 0 Å². The van der Waals surface area contributed by atoms with Gasteiger partial charge < -0.3 is 20.4 Å². The summed E-state index contributed by atoms with van der Waals surface area (Å²) < 4.78 is 42.8. The maximum absolute atomic E-state index is 14.5.